The lowest BCUT2D eigenvalue weighted by atomic mass is 10.1. The minimum Gasteiger partial charge on any atom is -0.316 e. The highest BCUT2D eigenvalue weighted by molar-refractivity contribution is 7.92. The number of rotatable bonds is 8. The SMILES string of the molecule is O=S(=O)(/C=C/c1ccccc1)N1CCN(Cn2c(=S)n(CCc3ccccc3)c3ccccc32)CC1. The Bertz CT molecular complexity index is 1500. The minimum atomic E-state index is -3.46. The number of aromatic nitrogens is 2. The summed E-state index contributed by atoms with van der Waals surface area (Å²) in [5.41, 5.74) is 4.40. The molecule has 0 N–H and O–H groups in total. The second-order valence-corrected chi connectivity index (χ2v) is 11.2. The maximum atomic E-state index is 12.8. The summed E-state index contributed by atoms with van der Waals surface area (Å²) in [4.78, 5) is 2.27. The first-order chi connectivity index (χ1) is 17.5. The first kappa shape index (κ1) is 24.6. The molecular formula is C28H30N4O2S2. The molecule has 5 rings (SSSR count). The summed E-state index contributed by atoms with van der Waals surface area (Å²) < 4.78 is 32.4. The Labute approximate surface area is 217 Å². The molecule has 0 bridgehead atoms. The zero-order valence-corrected chi connectivity index (χ0v) is 21.7. The lowest BCUT2D eigenvalue weighted by molar-refractivity contribution is 0.154. The van der Waals surface area contributed by atoms with E-state index in [0.717, 1.165) is 34.3 Å². The predicted octanol–water partition coefficient (Wildman–Crippen LogP) is 4.99. The quantitative estimate of drug-likeness (QED) is 0.309. The van der Waals surface area contributed by atoms with Gasteiger partial charge in [0.15, 0.2) is 4.77 Å². The van der Waals surface area contributed by atoms with Gasteiger partial charge in [0.2, 0.25) is 10.0 Å². The van der Waals surface area contributed by atoms with Crippen LogP contribution in [0.2, 0.25) is 0 Å². The first-order valence-corrected chi connectivity index (χ1v) is 14.1. The molecule has 0 saturated carbocycles. The summed E-state index contributed by atoms with van der Waals surface area (Å²) in [5.74, 6) is 0. The Morgan fingerprint density at radius 2 is 1.33 bits per heavy atom. The Morgan fingerprint density at radius 1 is 0.750 bits per heavy atom. The molecule has 8 heteroatoms. The number of benzene rings is 3. The number of hydrogen-bond acceptors (Lipinski definition) is 4. The first-order valence-electron chi connectivity index (χ1n) is 12.2. The third-order valence-corrected chi connectivity index (χ3v) is 8.66. The zero-order chi connectivity index (χ0) is 25.0. The average molecular weight is 519 g/mol. The third kappa shape index (κ3) is 5.52. The molecule has 1 aliphatic heterocycles. The van der Waals surface area contributed by atoms with Crippen molar-refractivity contribution in [3.8, 4) is 0 Å². The van der Waals surface area contributed by atoms with Crippen molar-refractivity contribution in [3.63, 3.8) is 0 Å². The summed E-state index contributed by atoms with van der Waals surface area (Å²) in [5, 5.41) is 1.31. The maximum absolute atomic E-state index is 12.8. The highest BCUT2D eigenvalue weighted by Gasteiger charge is 2.25. The summed E-state index contributed by atoms with van der Waals surface area (Å²) >= 11 is 5.92. The van der Waals surface area contributed by atoms with Crippen LogP contribution in [0.25, 0.3) is 17.1 Å². The molecule has 1 saturated heterocycles. The van der Waals surface area contributed by atoms with Crippen LogP contribution < -0.4 is 0 Å². The standard InChI is InChI=1S/C28H30N4O2S2/c33-36(34,22-16-25-11-5-2-6-12-25)30-20-18-29(19-21-30)23-32-27-14-8-7-13-26(27)31(28(32)35)17-15-24-9-3-1-4-10-24/h1-14,16,22H,15,17-21,23H2/b22-16+. The zero-order valence-electron chi connectivity index (χ0n) is 20.1. The van der Waals surface area contributed by atoms with Crippen LogP contribution in [0.1, 0.15) is 11.1 Å². The van der Waals surface area contributed by atoms with Gasteiger partial charge in [-0.1, -0.05) is 72.8 Å². The van der Waals surface area contributed by atoms with E-state index in [1.54, 1.807) is 10.4 Å². The highest BCUT2D eigenvalue weighted by atomic mass is 32.2. The van der Waals surface area contributed by atoms with Crippen LogP contribution in [-0.4, -0.2) is 52.9 Å². The molecule has 0 unspecified atom stereocenters. The lowest BCUT2D eigenvalue weighted by Gasteiger charge is -2.33. The summed E-state index contributed by atoms with van der Waals surface area (Å²) in [6.07, 6.45) is 2.57. The van der Waals surface area contributed by atoms with Gasteiger partial charge in [-0.05, 0) is 48.0 Å². The molecule has 0 amide bonds. The average Bonchev–Trinajstić information content (AvgIpc) is 3.18. The Morgan fingerprint density at radius 3 is 2.00 bits per heavy atom. The number of sulfonamides is 1. The Balaban J connectivity index is 1.27. The van der Waals surface area contributed by atoms with Crippen LogP contribution in [-0.2, 0) is 29.7 Å². The van der Waals surface area contributed by atoms with Crippen molar-refractivity contribution in [2.24, 2.45) is 0 Å². The molecule has 3 aromatic carbocycles. The minimum absolute atomic E-state index is 0.460. The summed E-state index contributed by atoms with van der Waals surface area (Å²) in [7, 11) is -3.46. The fraction of sp³-hybridized carbons (Fsp3) is 0.250. The number of imidazole rings is 1. The second-order valence-electron chi connectivity index (χ2n) is 9.00. The predicted molar refractivity (Wildman–Crippen MR) is 148 cm³/mol. The van der Waals surface area contributed by atoms with Gasteiger partial charge in [0.05, 0.1) is 17.7 Å². The van der Waals surface area contributed by atoms with Crippen molar-refractivity contribution in [1.29, 1.82) is 0 Å². The van der Waals surface area contributed by atoms with E-state index in [1.165, 1.54) is 11.0 Å². The van der Waals surface area contributed by atoms with E-state index < -0.39 is 10.0 Å². The van der Waals surface area contributed by atoms with Crippen molar-refractivity contribution < 1.29 is 8.42 Å². The second kappa shape index (κ2) is 10.9. The molecule has 1 aliphatic rings. The maximum Gasteiger partial charge on any atom is 0.236 e. The lowest BCUT2D eigenvalue weighted by Crippen LogP contribution is -2.48. The number of fused-ring (bicyclic) bond motifs is 1. The topological polar surface area (TPSA) is 50.5 Å². The van der Waals surface area contributed by atoms with E-state index in [2.05, 4.69) is 50.4 Å². The molecule has 4 aromatic rings. The van der Waals surface area contributed by atoms with Gasteiger partial charge in [-0.25, -0.2) is 8.42 Å². The van der Waals surface area contributed by atoms with Gasteiger partial charge < -0.3 is 9.13 Å². The van der Waals surface area contributed by atoms with Crippen molar-refractivity contribution in [1.82, 2.24) is 18.3 Å². The van der Waals surface area contributed by atoms with E-state index in [1.807, 2.05) is 48.5 Å². The van der Waals surface area contributed by atoms with Crippen LogP contribution in [0, 0.1) is 4.77 Å². The summed E-state index contributed by atoms with van der Waals surface area (Å²) in [6, 6.07) is 28.3. The van der Waals surface area contributed by atoms with Gasteiger partial charge in [0.1, 0.15) is 0 Å². The molecule has 1 fully saturated rings. The van der Waals surface area contributed by atoms with Gasteiger partial charge in [0.25, 0.3) is 0 Å². The molecule has 1 aromatic heterocycles. The van der Waals surface area contributed by atoms with E-state index in [4.69, 9.17) is 12.2 Å². The fourth-order valence-electron chi connectivity index (χ4n) is 4.65. The number of nitrogens with zero attached hydrogens (tertiary/aromatic N) is 4. The smallest absolute Gasteiger partial charge is 0.236 e. The van der Waals surface area contributed by atoms with Gasteiger partial charge in [-0.3, -0.25) is 4.90 Å². The van der Waals surface area contributed by atoms with E-state index in [9.17, 15) is 8.42 Å². The molecule has 186 valence electrons. The molecule has 0 radical (unpaired) electrons. The summed E-state index contributed by atoms with van der Waals surface area (Å²) in [6.45, 7) is 3.69. The molecule has 6 nitrogen and oxygen atoms in total. The van der Waals surface area contributed by atoms with E-state index in [0.29, 0.717) is 32.8 Å². The van der Waals surface area contributed by atoms with Crippen LogP contribution in [0.15, 0.2) is 90.3 Å². The van der Waals surface area contributed by atoms with Crippen molar-refractivity contribution in [2.45, 2.75) is 19.6 Å². The van der Waals surface area contributed by atoms with Gasteiger partial charge >= 0.3 is 0 Å². The van der Waals surface area contributed by atoms with Gasteiger partial charge in [-0.15, -0.1) is 0 Å². The Hall–Kier alpha value is -3.04. The van der Waals surface area contributed by atoms with E-state index in [-0.39, 0.29) is 0 Å². The fourth-order valence-corrected chi connectivity index (χ4v) is 6.17. The highest BCUT2D eigenvalue weighted by Crippen LogP contribution is 2.20. The van der Waals surface area contributed by atoms with Gasteiger partial charge in [0, 0.05) is 38.1 Å². The molecular weight excluding hydrogens is 488 g/mol. The normalized spacial score (nSPS) is 15.7. The van der Waals surface area contributed by atoms with Crippen LogP contribution >= 0.6 is 12.2 Å². The molecule has 36 heavy (non-hydrogen) atoms. The van der Waals surface area contributed by atoms with Crippen LogP contribution in [0.5, 0.6) is 0 Å². The van der Waals surface area contributed by atoms with Crippen molar-refractivity contribution >= 4 is 39.4 Å². The van der Waals surface area contributed by atoms with Crippen molar-refractivity contribution in [2.75, 3.05) is 26.2 Å². The largest absolute Gasteiger partial charge is 0.316 e. The number of piperazine rings is 1. The molecule has 2 heterocycles. The van der Waals surface area contributed by atoms with Gasteiger partial charge in [-0.2, -0.15) is 4.31 Å². The van der Waals surface area contributed by atoms with Crippen molar-refractivity contribution in [3.05, 3.63) is 106 Å². The third-order valence-electron chi connectivity index (χ3n) is 6.66. The van der Waals surface area contributed by atoms with Crippen LogP contribution in [0.4, 0.5) is 0 Å². The number of aryl methyl sites for hydroxylation is 2. The number of para-hydroxylation sites is 2. The monoisotopic (exact) mass is 518 g/mol. The number of hydrogen-bond donors (Lipinski definition) is 0. The molecule has 0 spiro atoms. The molecule has 0 atom stereocenters. The Kier molecular flexibility index (Phi) is 7.48. The van der Waals surface area contributed by atoms with Crippen LogP contribution in [0.3, 0.4) is 0 Å². The van der Waals surface area contributed by atoms with E-state index >= 15 is 0 Å². The molecule has 0 aliphatic carbocycles.